The smallest absolute Gasteiger partial charge is 0.402 e. The van der Waals surface area contributed by atoms with E-state index in [2.05, 4.69) is 0 Å². The number of fused-ring (bicyclic) bond motifs is 1. The number of carbonyl (C=O) groups is 2. The quantitative estimate of drug-likeness (QED) is 0.0559. The highest BCUT2D eigenvalue weighted by Gasteiger charge is 2.51. The van der Waals surface area contributed by atoms with Gasteiger partial charge in [-0.3, -0.25) is 9.59 Å². The Hall–Kier alpha value is -4.53. The number of esters is 1. The molecule has 0 saturated carbocycles. The Morgan fingerprint density at radius 2 is 1.60 bits per heavy atom. The van der Waals surface area contributed by atoms with Gasteiger partial charge in [0.2, 0.25) is 12.0 Å². The summed E-state index contributed by atoms with van der Waals surface area (Å²) in [4.78, 5) is 22.7. The van der Waals surface area contributed by atoms with Crippen molar-refractivity contribution in [3.8, 4) is 40.1 Å². The van der Waals surface area contributed by atoms with Gasteiger partial charge in [0.25, 0.3) is 0 Å². The Morgan fingerprint density at radius 1 is 0.851 bits per heavy atom. The Bertz CT molecular complexity index is 1630. The summed E-state index contributed by atoms with van der Waals surface area (Å²) in [7, 11) is 0. The van der Waals surface area contributed by atoms with E-state index < -0.39 is 104 Å². The van der Waals surface area contributed by atoms with E-state index in [-0.39, 0.29) is 33.8 Å². The summed E-state index contributed by atoms with van der Waals surface area (Å²) in [6, 6.07) is 6.91. The largest absolute Gasteiger partial charge is 0.507 e. The van der Waals surface area contributed by atoms with Gasteiger partial charge in [0.1, 0.15) is 66.5 Å². The molecule has 3 heterocycles. The number of carboxylic acid groups (broad SMARTS) is 1. The Kier molecular flexibility index (Phi) is 9.84. The lowest BCUT2D eigenvalue weighted by Crippen LogP contribution is -2.64. The summed E-state index contributed by atoms with van der Waals surface area (Å²) in [6.45, 7) is -1.27. The standard InChI is InChI=1S/C29H30O18/c30-11-4-14(32)12-6-18(26(44-17(12)5-11)10-1-2-13(31)15(33)3-10)45-29-27(47-28-25(41)22(38)16(34)8-43-28)24(40)23(39)19(46-29)9-42-21(37)7-20(35)36/h1-6,16,19,22-25,27-29,34,38-41H,7-9H2,(H4-,30,31,32,33,35,36)/p+1. The van der Waals surface area contributed by atoms with Crippen LogP contribution in [0.3, 0.4) is 0 Å². The molecule has 254 valence electrons. The van der Waals surface area contributed by atoms with Crippen LogP contribution in [0.25, 0.3) is 22.3 Å². The SMILES string of the molecule is O=C(O)CC(=O)OCC1OC(Oc2cc3c(O)cc(O)cc3[o+]c2-c2ccc(O)c(O)c2)C(OC2OCC(O)C(O)C2O)C(O)C1O. The minimum Gasteiger partial charge on any atom is -0.507 e. The fourth-order valence-electron chi connectivity index (χ4n) is 4.95. The van der Waals surface area contributed by atoms with E-state index in [9.17, 15) is 55.5 Å². The summed E-state index contributed by atoms with van der Waals surface area (Å²) in [5, 5.41) is 102. The van der Waals surface area contributed by atoms with Gasteiger partial charge in [-0.05, 0) is 12.1 Å². The van der Waals surface area contributed by atoms with Gasteiger partial charge in [-0.15, -0.1) is 0 Å². The molecule has 2 aromatic carbocycles. The highest BCUT2D eigenvalue weighted by Crippen LogP contribution is 2.42. The summed E-state index contributed by atoms with van der Waals surface area (Å²) in [6.07, 6.45) is -16.8. The number of phenols is 4. The van der Waals surface area contributed by atoms with Gasteiger partial charge in [0, 0.05) is 18.2 Å². The Morgan fingerprint density at radius 3 is 2.30 bits per heavy atom. The van der Waals surface area contributed by atoms with Crippen molar-refractivity contribution in [2.24, 2.45) is 0 Å². The monoisotopic (exact) mass is 667 g/mol. The van der Waals surface area contributed by atoms with Crippen molar-refractivity contribution in [2.75, 3.05) is 13.2 Å². The minimum absolute atomic E-state index is 0.0132. The summed E-state index contributed by atoms with van der Waals surface area (Å²) in [5.41, 5.74) is 0.0101. The molecule has 9 unspecified atom stereocenters. The number of carboxylic acids is 1. The zero-order valence-electron chi connectivity index (χ0n) is 24.0. The highest BCUT2D eigenvalue weighted by atomic mass is 16.8. The molecule has 2 fully saturated rings. The number of benzene rings is 2. The van der Waals surface area contributed by atoms with E-state index in [0.29, 0.717) is 0 Å². The van der Waals surface area contributed by atoms with Crippen molar-refractivity contribution in [1.82, 2.24) is 0 Å². The average Bonchev–Trinajstić information content (AvgIpc) is 3.01. The molecule has 18 nitrogen and oxygen atoms in total. The normalized spacial score (nSPS) is 29.3. The van der Waals surface area contributed by atoms with Crippen molar-refractivity contribution in [1.29, 1.82) is 0 Å². The van der Waals surface area contributed by atoms with Gasteiger partial charge in [-0.25, -0.2) is 4.42 Å². The van der Waals surface area contributed by atoms with Crippen molar-refractivity contribution in [3.63, 3.8) is 0 Å². The average molecular weight is 668 g/mol. The van der Waals surface area contributed by atoms with Crippen LogP contribution in [0.15, 0.2) is 40.8 Å². The predicted molar refractivity (Wildman–Crippen MR) is 150 cm³/mol. The number of aromatic hydroxyl groups is 4. The summed E-state index contributed by atoms with van der Waals surface area (Å²) in [5.74, 6) is -5.03. The third-order valence-electron chi connectivity index (χ3n) is 7.39. The fourth-order valence-corrected chi connectivity index (χ4v) is 4.95. The lowest BCUT2D eigenvalue weighted by atomic mass is 9.98. The molecule has 0 radical (unpaired) electrons. The topological polar surface area (TPSA) is 294 Å². The van der Waals surface area contributed by atoms with Crippen molar-refractivity contribution >= 4 is 22.9 Å². The van der Waals surface area contributed by atoms with Crippen LogP contribution in [0.2, 0.25) is 0 Å². The predicted octanol–water partition coefficient (Wildman–Crippen LogP) is -1.13. The zero-order valence-corrected chi connectivity index (χ0v) is 24.0. The number of rotatable bonds is 9. The number of carbonyl (C=O) groups excluding carboxylic acids is 1. The highest BCUT2D eigenvalue weighted by molar-refractivity contribution is 5.90. The molecule has 0 spiro atoms. The number of phenolic OH excluding ortho intramolecular Hbond substituents is 4. The van der Waals surface area contributed by atoms with Gasteiger partial charge < -0.3 is 74.7 Å². The molecule has 2 aliphatic rings. The number of aliphatic hydroxyl groups excluding tert-OH is 5. The van der Waals surface area contributed by atoms with Gasteiger partial charge >= 0.3 is 23.3 Å². The molecule has 10 N–H and O–H groups in total. The van der Waals surface area contributed by atoms with Crippen LogP contribution in [-0.4, -0.2) is 132 Å². The molecular weight excluding hydrogens is 636 g/mol. The number of hydrogen-bond donors (Lipinski definition) is 10. The molecule has 2 aliphatic heterocycles. The lowest BCUT2D eigenvalue weighted by Gasteiger charge is -2.44. The van der Waals surface area contributed by atoms with E-state index in [4.69, 9.17) is 33.2 Å². The van der Waals surface area contributed by atoms with Crippen LogP contribution in [0.4, 0.5) is 0 Å². The molecule has 9 atom stereocenters. The fraction of sp³-hybridized carbons (Fsp3) is 0.414. The molecule has 1 aromatic heterocycles. The van der Waals surface area contributed by atoms with Crippen molar-refractivity contribution in [3.05, 3.63) is 36.4 Å². The van der Waals surface area contributed by atoms with E-state index in [0.717, 1.165) is 24.3 Å². The molecular formula is C29H31O18+. The van der Waals surface area contributed by atoms with Gasteiger partial charge in [-0.1, -0.05) is 0 Å². The number of hydrogen-bond acceptors (Lipinski definition) is 16. The third-order valence-corrected chi connectivity index (χ3v) is 7.39. The van der Waals surface area contributed by atoms with Crippen LogP contribution in [0.5, 0.6) is 28.7 Å². The first-order valence-electron chi connectivity index (χ1n) is 14.0. The first kappa shape index (κ1) is 33.8. The maximum atomic E-state index is 11.9. The van der Waals surface area contributed by atoms with Crippen LogP contribution in [-0.2, 0) is 28.5 Å². The second-order valence-electron chi connectivity index (χ2n) is 10.8. The summed E-state index contributed by atoms with van der Waals surface area (Å²) < 4.78 is 33.6. The molecule has 18 heteroatoms. The van der Waals surface area contributed by atoms with E-state index in [1.807, 2.05) is 0 Å². The van der Waals surface area contributed by atoms with Crippen LogP contribution < -0.4 is 4.74 Å². The van der Waals surface area contributed by atoms with E-state index >= 15 is 0 Å². The van der Waals surface area contributed by atoms with Crippen LogP contribution >= 0.6 is 0 Å². The zero-order chi connectivity index (χ0) is 34.2. The van der Waals surface area contributed by atoms with Crippen LogP contribution in [0, 0.1) is 0 Å². The van der Waals surface area contributed by atoms with Gasteiger partial charge in [0.05, 0.1) is 18.2 Å². The molecule has 0 bridgehead atoms. The molecule has 47 heavy (non-hydrogen) atoms. The van der Waals surface area contributed by atoms with Crippen LogP contribution in [0.1, 0.15) is 6.42 Å². The molecule has 3 aromatic rings. The molecule has 0 amide bonds. The van der Waals surface area contributed by atoms with Gasteiger partial charge in [0.15, 0.2) is 23.9 Å². The minimum atomic E-state index is -1.96. The first-order valence-corrected chi connectivity index (χ1v) is 14.0. The maximum Gasteiger partial charge on any atom is 0.402 e. The third kappa shape index (κ3) is 7.24. The second-order valence-corrected chi connectivity index (χ2v) is 10.8. The maximum absolute atomic E-state index is 11.9. The molecule has 0 aliphatic carbocycles. The number of ether oxygens (including phenoxy) is 5. The molecule has 2 saturated heterocycles. The Labute approximate surface area is 263 Å². The van der Waals surface area contributed by atoms with Gasteiger partial charge in [-0.2, -0.15) is 0 Å². The lowest BCUT2D eigenvalue weighted by molar-refractivity contribution is -0.345. The van der Waals surface area contributed by atoms with E-state index in [1.54, 1.807) is 0 Å². The van der Waals surface area contributed by atoms with Crippen molar-refractivity contribution < 1.29 is 88.8 Å². The number of aliphatic hydroxyl groups is 5. The Balaban J connectivity index is 1.55. The van der Waals surface area contributed by atoms with E-state index in [1.165, 1.54) is 12.1 Å². The van der Waals surface area contributed by atoms with Crippen molar-refractivity contribution in [2.45, 2.75) is 61.7 Å². The number of aliphatic carboxylic acids is 1. The first-order chi connectivity index (χ1) is 22.2. The molecule has 5 rings (SSSR count). The second kappa shape index (κ2) is 13.7. The summed E-state index contributed by atoms with van der Waals surface area (Å²) >= 11 is 0.